The van der Waals surface area contributed by atoms with Gasteiger partial charge in [-0.3, -0.25) is 0 Å². The van der Waals surface area contributed by atoms with Crippen LogP contribution in [0.5, 0.6) is 0 Å². The molecule has 1 fully saturated rings. The van der Waals surface area contributed by atoms with E-state index in [1.54, 1.807) is 0 Å². The molecule has 3 aromatic carbocycles. The van der Waals surface area contributed by atoms with Gasteiger partial charge in [-0.2, -0.15) is 0 Å². The number of hydrogen-bond donors (Lipinski definition) is 0. The predicted molar refractivity (Wildman–Crippen MR) is 120 cm³/mol. The molecule has 0 bridgehead atoms. The van der Waals surface area contributed by atoms with Gasteiger partial charge in [0, 0.05) is 6.42 Å². The fourth-order valence-electron chi connectivity index (χ4n) is 4.24. The van der Waals surface area contributed by atoms with Crippen molar-refractivity contribution < 1.29 is 9.47 Å². The summed E-state index contributed by atoms with van der Waals surface area (Å²) in [6.07, 6.45) is 2.81. The van der Waals surface area contributed by atoms with Crippen molar-refractivity contribution in [3.8, 4) is 0 Å². The van der Waals surface area contributed by atoms with Crippen LogP contribution in [0, 0.1) is 0 Å². The Morgan fingerprint density at radius 2 is 1.07 bits per heavy atom. The van der Waals surface area contributed by atoms with Crippen molar-refractivity contribution in [3.05, 3.63) is 91.0 Å². The van der Waals surface area contributed by atoms with Crippen LogP contribution in [0.1, 0.15) is 19.8 Å². The summed E-state index contributed by atoms with van der Waals surface area (Å²) in [5.74, 6) is -0.441. The second-order valence-electron chi connectivity index (χ2n) is 7.25. The largest absolute Gasteiger partial charge is 0.347 e. The van der Waals surface area contributed by atoms with E-state index in [2.05, 4.69) is 97.9 Å². The van der Waals surface area contributed by atoms with E-state index in [1.165, 1.54) is 15.9 Å². The third-order valence-corrected chi connectivity index (χ3v) is 10.2. The van der Waals surface area contributed by atoms with Gasteiger partial charge in [-0.15, -0.1) is 0 Å². The second kappa shape index (κ2) is 8.57. The summed E-state index contributed by atoms with van der Waals surface area (Å²) in [4.78, 5) is 0. The van der Waals surface area contributed by atoms with Crippen LogP contribution in [0.25, 0.3) is 0 Å². The summed E-state index contributed by atoms with van der Waals surface area (Å²) in [5.41, 5.74) is 0. The van der Waals surface area contributed by atoms with Gasteiger partial charge in [0.1, 0.15) is 23.2 Å². The van der Waals surface area contributed by atoms with Crippen LogP contribution in [0.3, 0.4) is 0 Å². The summed E-state index contributed by atoms with van der Waals surface area (Å²) in [7, 11) is -1.82. The SMILES string of the molecule is CCC1(CC[P+](c2ccccc2)(c2ccccc2)c2ccccc2)OCCO1. The monoisotopic (exact) mass is 391 g/mol. The van der Waals surface area contributed by atoms with Crippen molar-refractivity contribution in [1.29, 1.82) is 0 Å². The van der Waals surface area contributed by atoms with Crippen molar-refractivity contribution >= 4 is 23.2 Å². The minimum absolute atomic E-state index is 0.441. The van der Waals surface area contributed by atoms with E-state index in [0.29, 0.717) is 13.2 Å². The molecule has 0 N–H and O–H groups in total. The molecule has 0 spiro atoms. The second-order valence-corrected chi connectivity index (χ2v) is 10.9. The lowest BCUT2D eigenvalue weighted by Crippen LogP contribution is -2.38. The Hall–Kier alpha value is -1.99. The minimum atomic E-state index is -1.82. The van der Waals surface area contributed by atoms with Gasteiger partial charge in [0.05, 0.1) is 19.4 Å². The van der Waals surface area contributed by atoms with E-state index in [-0.39, 0.29) is 0 Å². The smallest absolute Gasteiger partial charge is 0.171 e. The quantitative estimate of drug-likeness (QED) is 0.551. The molecular formula is C25H28O2P+. The Bertz CT molecular complexity index is 762. The zero-order chi connectivity index (χ0) is 19.3. The standard InChI is InChI=1S/C25H28O2P/c1-2-25(26-19-20-27-25)18-21-28(22-12-6-3-7-13-22,23-14-8-4-9-15-23)24-16-10-5-11-17-24/h3-17H,2,18-21H2,1H3/q+1. The van der Waals surface area contributed by atoms with Crippen LogP contribution in [0.15, 0.2) is 91.0 Å². The molecule has 0 aromatic heterocycles. The molecule has 1 aliphatic rings. The Morgan fingerprint density at radius 1 is 0.679 bits per heavy atom. The van der Waals surface area contributed by atoms with E-state index < -0.39 is 13.0 Å². The first-order valence-corrected chi connectivity index (χ1v) is 12.1. The molecule has 0 saturated carbocycles. The van der Waals surface area contributed by atoms with Crippen molar-refractivity contribution in [2.45, 2.75) is 25.6 Å². The molecule has 3 aromatic rings. The highest BCUT2D eigenvalue weighted by atomic mass is 31.2. The summed E-state index contributed by atoms with van der Waals surface area (Å²) < 4.78 is 12.2. The van der Waals surface area contributed by atoms with Crippen molar-refractivity contribution in [2.24, 2.45) is 0 Å². The molecule has 0 radical (unpaired) electrons. The van der Waals surface area contributed by atoms with Gasteiger partial charge in [0.15, 0.2) is 5.79 Å². The highest BCUT2D eigenvalue weighted by molar-refractivity contribution is 7.95. The van der Waals surface area contributed by atoms with Crippen LogP contribution in [-0.2, 0) is 9.47 Å². The highest BCUT2D eigenvalue weighted by Gasteiger charge is 2.48. The van der Waals surface area contributed by atoms with Gasteiger partial charge in [-0.1, -0.05) is 61.5 Å². The Morgan fingerprint density at radius 3 is 1.43 bits per heavy atom. The van der Waals surface area contributed by atoms with Crippen LogP contribution < -0.4 is 15.9 Å². The summed E-state index contributed by atoms with van der Waals surface area (Å²) in [5, 5.41) is 4.24. The molecule has 1 aliphatic heterocycles. The number of ether oxygens (including phenoxy) is 2. The number of hydrogen-bond acceptors (Lipinski definition) is 2. The van der Waals surface area contributed by atoms with Gasteiger partial charge >= 0.3 is 0 Å². The maximum absolute atomic E-state index is 6.09. The first-order chi connectivity index (χ1) is 13.8. The van der Waals surface area contributed by atoms with Crippen LogP contribution in [0.4, 0.5) is 0 Å². The third-order valence-electron chi connectivity index (χ3n) is 5.77. The normalized spacial score (nSPS) is 16.2. The van der Waals surface area contributed by atoms with Gasteiger partial charge in [-0.05, 0) is 42.8 Å². The minimum Gasteiger partial charge on any atom is -0.347 e. The van der Waals surface area contributed by atoms with Gasteiger partial charge in [0.25, 0.3) is 0 Å². The summed E-state index contributed by atoms with van der Waals surface area (Å²) >= 11 is 0. The number of benzene rings is 3. The Balaban J connectivity index is 1.86. The maximum Gasteiger partial charge on any atom is 0.171 e. The molecule has 0 unspecified atom stereocenters. The van der Waals surface area contributed by atoms with Crippen LogP contribution in [-0.4, -0.2) is 25.2 Å². The summed E-state index contributed by atoms with van der Waals surface area (Å²) in [6.45, 7) is 3.56. The average molecular weight is 391 g/mol. The van der Waals surface area contributed by atoms with Gasteiger partial charge < -0.3 is 9.47 Å². The fraction of sp³-hybridized carbons (Fsp3) is 0.280. The molecule has 28 heavy (non-hydrogen) atoms. The lowest BCUT2D eigenvalue weighted by molar-refractivity contribution is -0.159. The molecular weight excluding hydrogens is 363 g/mol. The molecule has 1 heterocycles. The van der Waals surface area contributed by atoms with E-state index in [0.717, 1.165) is 19.0 Å². The maximum atomic E-state index is 6.09. The predicted octanol–water partition coefficient (Wildman–Crippen LogP) is 4.52. The number of rotatable bonds is 7. The Kier molecular flexibility index (Phi) is 5.92. The van der Waals surface area contributed by atoms with E-state index in [1.807, 2.05) is 0 Å². The molecule has 2 nitrogen and oxygen atoms in total. The molecule has 3 heteroatoms. The van der Waals surface area contributed by atoms with Gasteiger partial charge in [0.2, 0.25) is 0 Å². The van der Waals surface area contributed by atoms with E-state index in [9.17, 15) is 0 Å². The molecule has 0 amide bonds. The molecule has 144 valence electrons. The summed E-state index contributed by atoms with van der Waals surface area (Å²) in [6, 6.07) is 33.0. The van der Waals surface area contributed by atoms with E-state index in [4.69, 9.17) is 9.47 Å². The molecule has 0 aliphatic carbocycles. The zero-order valence-electron chi connectivity index (χ0n) is 16.5. The molecule has 0 atom stereocenters. The lowest BCUT2D eigenvalue weighted by Gasteiger charge is -2.32. The van der Waals surface area contributed by atoms with Crippen molar-refractivity contribution in [3.63, 3.8) is 0 Å². The van der Waals surface area contributed by atoms with Gasteiger partial charge in [-0.25, -0.2) is 0 Å². The average Bonchev–Trinajstić information content (AvgIpc) is 3.26. The Labute approximate surface area is 168 Å². The topological polar surface area (TPSA) is 18.5 Å². The third kappa shape index (κ3) is 3.65. The highest BCUT2D eigenvalue weighted by Crippen LogP contribution is 2.56. The van der Waals surface area contributed by atoms with Crippen LogP contribution in [0.2, 0.25) is 0 Å². The van der Waals surface area contributed by atoms with E-state index >= 15 is 0 Å². The van der Waals surface area contributed by atoms with Crippen LogP contribution >= 0.6 is 7.26 Å². The zero-order valence-corrected chi connectivity index (χ0v) is 17.4. The molecule has 1 saturated heterocycles. The van der Waals surface area contributed by atoms with Crippen molar-refractivity contribution in [1.82, 2.24) is 0 Å². The van der Waals surface area contributed by atoms with Crippen molar-refractivity contribution in [2.75, 3.05) is 19.4 Å². The first kappa shape index (κ1) is 19.3. The fourth-order valence-corrected chi connectivity index (χ4v) is 8.63. The lowest BCUT2D eigenvalue weighted by atomic mass is 10.1. The molecule has 4 rings (SSSR count). The first-order valence-electron chi connectivity index (χ1n) is 10.1.